The largest absolute Gasteiger partial charge is 0.481 e. The lowest BCUT2D eigenvalue weighted by Crippen LogP contribution is -2.44. The summed E-state index contributed by atoms with van der Waals surface area (Å²) in [6.45, 7) is 4.88. The van der Waals surface area contributed by atoms with Crippen molar-refractivity contribution in [1.29, 1.82) is 0 Å². The molecule has 2 aliphatic rings. The van der Waals surface area contributed by atoms with Gasteiger partial charge in [-0.15, -0.1) is 0 Å². The van der Waals surface area contributed by atoms with Gasteiger partial charge in [-0.1, -0.05) is 11.6 Å². The lowest BCUT2D eigenvalue weighted by molar-refractivity contribution is -0.147. The summed E-state index contributed by atoms with van der Waals surface area (Å²) in [7, 11) is 0. The van der Waals surface area contributed by atoms with Crippen LogP contribution in [0.15, 0.2) is 0 Å². The van der Waals surface area contributed by atoms with Gasteiger partial charge in [-0.3, -0.25) is 14.3 Å². The Kier molecular flexibility index (Phi) is 4.83. The number of nitrogens with zero attached hydrogens (tertiary/aromatic N) is 2. The van der Waals surface area contributed by atoms with Gasteiger partial charge in [0.05, 0.1) is 40.5 Å². The van der Waals surface area contributed by atoms with Crippen LogP contribution >= 0.6 is 11.6 Å². The standard InChI is InChI=1S/C16H22ClN3O4/c1-8-14(17)9(2)20(19-8)7-3-6-18-15(21)12-10-4-5-11(24-10)13(12)16(22)23/h10-13H,3-7H2,1-2H3,(H,18,21)(H,22,23)/t10-,11-,12-,13-/m1/s1. The quantitative estimate of drug-likeness (QED) is 0.755. The molecule has 3 heterocycles. The van der Waals surface area contributed by atoms with Crippen molar-refractivity contribution in [2.75, 3.05) is 6.54 Å². The van der Waals surface area contributed by atoms with Gasteiger partial charge in [-0.2, -0.15) is 5.10 Å². The molecule has 0 aliphatic carbocycles. The molecule has 8 heteroatoms. The molecular weight excluding hydrogens is 334 g/mol. The molecule has 0 aromatic carbocycles. The minimum Gasteiger partial charge on any atom is -0.481 e. The Morgan fingerprint density at radius 3 is 2.58 bits per heavy atom. The minimum absolute atomic E-state index is 0.221. The van der Waals surface area contributed by atoms with Gasteiger partial charge in [-0.05, 0) is 33.1 Å². The number of carboxylic acids is 1. The summed E-state index contributed by atoms with van der Waals surface area (Å²) < 4.78 is 7.44. The normalized spacial score (nSPS) is 28.3. The molecule has 2 bridgehead atoms. The topological polar surface area (TPSA) is 93.5 Å². The maximum absolute atomic E-state index is 12.4. The molecule has 0 radical (unpaired) electrons. The van der Waals surface area contributed by atoms with Crippen LogP contribution in [0.5, 0.6) is 0 Å². The Morgan fingerprint density at radius 1 is 1.33 bits per heavy atom. The number of hydrogen-bond acceptors (Lipinski definition) is 4. The van der Waals surface area contributed by atoms with Crippen LogP contribution in [0.1, 0.15) is 30.7 Å². The van der Waals surface area contributed by atoms with Crippen molar-refractivity contribution in [3.63, 3.8) is 0 Å². The number of amides is 1. The molecule has 7 nitrogen and oxygen atoms in total. The lowest BCUT2D eigenvalue weighted by atomic mass is 9.79. The SMILES string of the molecule is Cc1nn(CCCNC(=O)[C@H]2[C@H](C(=O)O)[C@H]3CC[C@H]2O3)c(C)c1Cl. The fraction of sp³-hybridized carbons (Fsp3) is 0.688. The third-order valence-corrected chi connectivity index (χ3v) is 5.55. The van der Waals surface area contributed by atoms with Gasteiger partial charge in [0.2, 0.25) is 5.91 Å². The zero-order chi connectivity index (χ0) is 17.4. The number of ether oxygens (including phenoxy) is 1. The fourth-order valence-corrected chi connectivity index (χ4v) is 3.91. The van der Waals surface area contributed by atoms with E-state index in [0.29, 0.717) is 24.5 Å². The van der Waals surface area contributed by atoms with E-state index in [9.17, 15) is 14.7 Å². The number of aromatic nitrogens is 2. The van der Waals surface area contributed by atoms with Crippen LogP contribution in [0.3, 0.4) is 0 Å². The van der Waals surface area contributed by atoms with Gasteiger partial charge in [-0.25, -0.2) is 0 Å². The maximum atomic E-state index is 12.4. The molecule has 2 N–H and O–H groups in total. The first kappa shape index (κ1) is 17.2. The van der Waals surface area contributed by atoms with Crippen molar-refractivity contribution >= 4 is 23.5 Å². The highest BCUT2D eigenvalue weighted by Gasteiger charge is 2.55. The Balaban J connectivity index is 1.51. The van der Waals surface area contributed by atoms with E-state index < -0.39 is 17.8 Å². The number of fused-ring (bicyclic) bond motifs is 2. The highest BCUT2D eigenvalue weighted by molar-refractivity contribution is 6.31. The highest BCUT2D eigenvalue weighted by Crippen LogP contribution is 2.43. The Morgan fingerprint density at radius 2 is 2.00 bits per heavy atom. The molecule has 0 spiro atoms. The summed E-state index contributed by atoms with van der Waals surface area (Å²) in [5, 5.41) is 17.2. The summed E-state index contributed by atoms with van der Waals surface area (Å²) in [4.78, 5) is 23.8. The second-order valence-electron chi connectivity index (χ2n) is 6.53. The summed E-state index contributed by atoms with van der Waals surface area (Å²) >= 11 is 6.11. The second kappa shape index (κ2) is 6.72. The number of rotatable bonds is 6. The molecule has 132 valence electrons. The van der Waals surface area contributed by atoms with Crippen LogP contribution in [-0.4, -0.2) is 45.5 Å². The maximum Gasteiger partial charge on any atom is 0.310 e. The molecule has 3 rings (SSSR count). The number of carbonyl (C=O) groups is 2. The average molecular weight is 356 g/mol. The van der Waals surface area contributed by atoms with Crippen molar-refractivity contribution in [2.45, 2.75) is 51.9 Å². The van der Waals surface area contributed by atoms with Crippen LogP contribution in [0.4, 0.5) is 0 Å². The second-order valence-corrected chi connectivity index (χ2v) is 6.91. The molecule has 24 heavy (non-hydrogen) atoms. The lowest BCUT2D eigenvalue weighted by Gasteiger charge is -2.23. The number of halogens is 1. The van der Waals surface area contributed by atoms with Crippen LogP contribution < -0.4 is 5.32 Å². The molecule has 2 fully saturated rings. The monoisotopic (exact) mass is 355 g/mol. The fourth-order valence-electron chi connectivity index (χ4n) is 3.78. The third kappa shape index (κ3) is 3.02. The number of carbonyl (C=O) groups excluding carboxylic acids is 1. The van der Waals surface area contributed by atoms with Crippen molar-refractivity contribution in [2.24, 2.45) is 11.8 Å². The molecule has 1 aromatic rings. The van der Waals surface area contributed by atoms with Gasteiger partial charge in [0.1, 0.15) is 0 Å². The van der Waals surface area contributed by atoms with Gasteiger partial charge >= 0.3 is 5.97 Å². The van der Waals surface area contributed by atoms with Crippen molar-refractivity contribution in [3.05, 3.63) is 16.4 Å². The van der Waals surface area contributed by atoms with E-state index in [0.717, 1.165) is 24.2 Å². The third-order valence-electron chi connectivity index (χ3n) is 5.00. The zero-order valence-corrected chi connectivity index (χ0v) is 14.5. The summed E-state index contributed by atoms with van der Waals surface area (Å²) in [6, 6.07) is 0. The van der Waals surface area contributed by atoms with Gasteiger partial charge in [0.25, 0.3) is 0 Å². The van der Waals surface area contributed by atoms with Crippen molar-refractivity contribution < 1.29 is 19.4 Å². The molecule has 2 saturated heterocycles. The number of aliphatic carboxylic acids is 1. The number of nitrogens with one attached hydrogen (secondary N) is 1. The molecule has 4 atom stereocenters. The Bertz CT molecular complexity index is 660. The summed E-state index contributed by atoms with van der Waals surface area (Å²) in [5.41, 5.74) is 1.70. The van der Waals surface area contributed by atoms with Crippen molar-refractivity contribution in [3.8, 4) is 0 Å². The highest BCUT2D eigenvalue weighted by atomic mass is 35.5. The van der Waals surface area contributed by atoms with Crippen LogP contribution in [0.2, 0.25) is 5.02 Å². The predicted molar refractivity (Wildman–Crippen MR) is 86.8 cm³/mol. The van der Waals surface area contributed by atoms with Gasteiger partial charge in [0, 0.05) is 13.1 Å². The first-order valence-corrected chi connectivity index (χ1v) is 8.63. The molecule has 0 unspecified atom stereocenters. The van der Waals surface area contributed by atoms with Crippen LogP contribution in [-0.2, 0) is 20.9 Å². The first-order chi connectivity index (χ1) is 11.4. The van der Waals surface area contributed by atoms with E-state index in [2.05, 4.69) is 10.4 Å². The molecular formula is C16H22ClN3O4. The smallest absolute Gasteiger partial charge is 0.310 e. The van der Waals surface area contributed by atoms with E-state index in [-0.39, 0.29) is 18.1 Å². The number of aryl methyl sites for hydroxylation is 2. The molecule has 1 aromatic heterocycles. The molecule has 0 saturated carbocycles. The molecule has 2 aliphatic heterocycles. The van der Waals surface area contributed by atoms with Gasteiger partial charge in [0.15, 0.2) is 0 Å². The summed E-state index contributed by atoms with van der Waals surface area (Å²) in [5.74, 6) is -2.47. The van der Waals surface area contributed by atoms with Crippen LogP contribution in [0, 0.1) is 25.7 Å². The zero-order valence-electron chi connectivity index (χ0n) is 13.8. The predicted octanol–water partition coefficient (Wildman–Crippen LogP) is 1.54. The minimum atomic E-state index is -0.945. The van der Waals surface area contributed by atoms with Crippen molar-refractivity contribution in [1.82, 2.24) is 15.1 Å². The van der Waals surface area contributed by atoms with E-state index in [4.69, 9.17) is 16.3 Å². The van der Waals surface area contributed by atoms with Gasteiger partial charge < -0.3 is 15.2 Å². The Hall–Kier alpha value is -1.60. The van der Waals surface area contributed by atoms with E-state index in [1.54, 1.807) is 0 Å². The van der Waals surface area contributed by atoms with E-state index in [1.807, 2.05) is 18.5 Å². The summed E-state index contributed by atoms with van der Waals surface area (Å²) in [6.07, 6.45) is 1.61. The molecule has 1 amide bonds. The Labute approximate surface area is 145 Å². The van der Waals surface area contributed by atoms with Crippen LogP contribution in [0.25, 0.3) is 0 Å². The van der Waals surface area contributed by atoms with E-state index >= 15 is 0 Å². The average Bonchev–Trinajstić information content (AvgIpc) is 3.21. The number of carboxylic acid groups (broad SMARTS) is 1. The first-order valence-electron chi connectivity index (χ1n) is 8.25. The number of hydrogen-bond donors (Lipinski definition) is 2. The van der Waals surface area contributed by atoms with E-state index in [1.165, 1.54) is 0 Å².